The maximum Gasteiger partial charge on any atom is 0.261 e. The van der Waals surface area contributed by atoms with Gasteiger partial charge in [-0.2, -0.15) is 0 Å². The summed E-state index contributed by atoms with van der Waals surface area (Å²) >= 11 is 0. The molecule has 0 atom stereocenters. The molecule has 0 heterocycles. The molecule has 4 rings (SSSR count). The zero-order valence-electron chi connectivity index (χ0n) is 20.8. The van der Waals surface area contributed by atoms with Crippen LogP contribution in [0, 0.1) is 0 Å². The number of fused-ring (bicyclic) bond motifs is 2. The summed E-state index contributed by atoms with van der Waals surface area (Å²) in [5, 5.41) is 3.71. The first-order valence-corrected chi connectivity index (χ1v) is 13.7. The molecule has 0 aliphatic heterocycles. The Hall–Kier alpha value is -2.56. The van der Waals surface area contributed by atoms with Gasteiger partial charge < -0.3 is 4.74 Å². The molecule has 0 unspecified atom stereocenters. The molecule has 0 aliphatic carbocycles. The van der Waals surface area contributed by atoms with Gasteiger partial charge in [0.2, 0.25) is 0 Å². The zero-order valence-corrected chi connectivity index (χ0v) is 22.4. The molecule has 0 radical (unpaired) electrons. The van der Waals surface area contributed by atoms with E-state index in [1.54, 1.807) is 13.2 Å². The second-order valence-electron chi connectivity index (χ2n) is 10.9. The summed E-state index contributed by atoms with van der Waals surface area (Å²) in [4.78, 5) is 0.0795. The van der Waals surface area contributed by atoms with Crippen LogP contribution in [0.3, 0.4) is 0 Å². The van der Waals surface area contributed by atoms with Gasteiger partial charge in [0, 0.05) is 21.8 Å². The Morgan fingerprint density at radius 2 is 1.15 bits per heavy atom. The van der Waals surface area contributed by atoms with Crippen molar-refractivity contribution < 1.29 is 13.2 Å². The third kappa shape index (κ3) is 4.42. The van der Waals surface area contributed by atoms with Crippen molar-refractivity contribution in [1.82, 2.24) is 0 Å². The van der Waals surface area contributed by atoms with Gasteiger partial charge in [-0.15, -0.1) is 0 Å². The summed E-state index contributed by atoms with van der Waals surface area (Å²) in [5.74, 6) is 0.602. The van der Waals surface area contributed by atoms with Gasteiger partial charge in [0.15, 0.2) is 0 Å². The summed E-state index contributed by atoms with van der Waals surface area (Å²) in [6, 6.07) is 19.9. The van der Waals surface area contributed by atoms with Gasteiger partial charge in [0.05, 0.1) is 12.0 Å². The van der Waals surface area contributed by atoms with Crippen LogP contribution >= 0.6 is 10.7 Å². The summed E-state index contributed by atoms with van der Waals surface area (Å²) in [7, 11) is 3.56. The van der Waals surface area contributed by atoms with E-state index in [1.807, 2.05) is 24.3 Å². The molecule has 0 saturated carbocycles. The fourth-order valence-corrected chi connectivity index (χ4v) is 5.51. The minimum atomic E-state index is -4.02. The van der Waals surface area contributed by atoms with E-state index in [0.717, 1.165) is 27.1 Å². The number of benzene rings is 4. The number of rotatable bonds is 3. The van der Waals surface area contributed by atoms with Crippen LogP contribution in [0.1, 0.15) is 52.7 Å². The Kier molecular flexibility index (Phi) is 5.98. The highest BCUT2D eigenvalue weighted by Crippen LogP contribution is 2.45. The van der Waals surface area contributed by atoms with Crippen LogP contribution < -0.4 is 4.74 Å². The smallest absolute Gasteiger partial charge is 0.261 e. The van der Waals surface area contributed by atoms with Crippen molar-refractivity contribution in [2.75, 3.05) is 7.11 Å². The van der Waals surface area contributed by atoms with E-state index in [-0.39, 0.29) is 15.7 Å². The standard InChI is InChI=1S/C29H31ClO3S/c1-28(2,3)20-10-12-22-18(16-20)8-14-24(33-7)26(22)27-23-13-11-21(29(4,5)6)17-19(23)9-15-25(27)34(30,31)32/h8-17H,1-7H3. The zero-order chi connectivity index (χ0) is 25.1. The van der Waals surface area contributed by atoms with E-state index in [9.17, 15) is 8.42 Å². The van der Waals surface area contributed by atoms with E-state index in [2.05, 4.69) is 71.9 Å². The Labute approximate surface area is 207 Å². The molecule has 4 aromatic rings. The second-order valence-corrected chi connectivity index (χ2v) is 13.4. The fraction of sp³-hybridized carbons (Fsp3) is 0.310. The van der Waals surface area contributed by atoms with Gasteiger partial charge in [-0.05, 0) is 55.6 Å². The molecule has 0 aliphatic rings. The lowest BCUT2D eigenvalue weighted by molar-refractivity contribution is 0.417. The predicted octanol–water partition coefficient (Wildman–Crippen LogP) is 8.19. The summed E-state index contributed by atoms with van der Waals surface area (Å²) in [6.07, 6.45) is 0. The topological polar surface area (TPSA) is 43.4 Å². The number of hydrogen-bond acceptors (Lipinski definition) is 3. The lowest BCUT2D eigenvalue weighted by Gasteiger charge is -2.22. The molecule has 4 aromatic carbocycles. The highest BCUT2D eigenvalue weighted by molar-refractivity contribution is 8.13. The first-order valence-electron chi connectivity index (χ1n) is 11.4. The lowest BCUT2D eigenvalue weighted by Crippen LogP contribution is -2.11. The average molecular weight is 495 g/mol. The van der Waals surface area contributed by atoms with Crippen LogP contribution in [-0.2, 0) is 19.9 Å². The summed E-state index contributed by atoms with van der Waals surface area (Å²) in [6.45, 7) is 13.0. The van der Waals surface area contributed by atoms with E-state index in [4.69, 9.17) is 15.4 Å². The van der Waals surface area contributed by atoms with Gasteiger partial charge in [0.1, 0.15) is 5.75 Å². The van der Waals surface area contributed by atoms with Gasteiger partial charge in [-0.3, -0.25) is 0 Å². The minimum Gasteiger partial charge on any atom is -0.496 e. The fourth-order valence-electron chi connectivity index (χ4n) is 4.44. The van der Waals surface area contributed by atoms with Crippen LogP contribution in [0.25, 0.3) is 32.7 Å². The number of ether oxygens (including phenoxy) is 1. The van der Waals surface area contributed by atoms with Crippen molar-refractivity contribution in [3.05, 3.63) is 71.8 Å². The molecule has 3 nitrogen and oxygen atoms in total. The third-order valence-corrected chi connectivity index (χ3v) is 7.79. The molecule has 178 valence electrons. The van der Waals surface area contributed by atoms with Crippen LogP contribution in [-0.4, -0.2) is 15.5 Å². The molecule has 0 N–H and O–H groups in total. The van der Waals surface area contributed by atoms with Crippen molar-refractivity contribution in [3.63, 3.8) is 0 Å². The van der Waals surface area contributed by atoms with Gasteiger partial charge in [-0.1, -0.05) is 90.1 Å². The van der Waals surface area contributed by atoms with Crippen molar-refractivity contribution in [2.45, 2.75) is 57.3 Å². The molecular formula is C29H31ClO3S. The molecule has 0 spiro atoms. The maximum atomic E-state index is 12.7. The van der Waals surface area contributed by atoms with E-state index in [1.165, 1.54) is 11.1 Å². The first-order chi connectivity index (χ1) is 15.7. The summed E-state index contributed by atoms with van der Waals surface area (Å²) in [5.41, 5.74) is 3.63. The van der Waals surface area contributed by atoms with E-state index in [0.29, 0.717) is 11.3 Å². The van der Waals surface area contributed by atoms with Crippen molar-refractivity contribution >= 4 is 41.3 Å². The minimum absolute atomic E-state index is 0.0122. The largest absolute Gasteiger partial charge is 0.496 e. The van der Waals surface area contributed by atoms with Crippen molar-refractivity contribution in [1.29, 1.82) is 0 Å². The molecule has 0 bridgehead atoms. The lowest BCUT2D eigenvalue weighted by atomic mass is 9.83. The summed E-state index contributed by atoms with van der Waals surface area (Å²) < 4.78 is 31.2. The average Bonchev–Trinajstić information content (AvgIpc) is 2.74. The van der Waals surface area contributed by atoms with Gasteiger partial charge >= 0.3 is 0 Å². The molecule has 0 aromatic heterocycles. The molecule has 34 heavy (non-hydrogen) atoms. The molecule has 0 amide bonds. The number of methoxy groups -OCH3 is 1. The van der Waals surface area contributed by atoms with Crippen LogP contribution in [0.15, 0.2) is 65.6 Å². The third-order valence-electron chi connectivity index (χ3n) is 6.43. The Morgan fingerprint density at radius 1 is 0.676 bits per heavy atom. The van der Waals surface area contributed by atoms with Crippen LogP contribution in [0.4, 0.5) is 0 Å². The Morgan fingerprint density at radius 3 is 1.59 bits per heavy atom. The Bertz CT molecular complexity index is 1520. The normalized spacial score (nSPS) is 12.9. The van der Waals surface area contributed by atoms with Crippen molar-refractivity contribution in [3.8, 4) is 16.9 Å². The highest BCUT2D eigenvalue weighted by atomic mass is 35.7. The molecular weight excluding hydrogens is 464 g/mol. The Balaban J connectivity index is 2.17. The maximum absolute atomic E-state index is 12.7. The predicted molar refractivity (Wildman–Crippen MR) is 144 cm³/mol. The SMILES string of the molecule is COc1ccc2cc(C(C)(C)C)ccc2c1-c1c(S(=O)(=O)Cl)ccc2cc(C(C)(C)C)ccc12. The molecule has 5 heteroatoms. The van der Waals surface area contributed by atoms with E-state index >= 15 is 0 Å². The molecule has 0 saturated heterocycles. The van der Waals surface area contributed by atoms with Crippen molar-refractivity contribution in [2.24, 2.45) is 0 Å². The molecule has 0 fully saturated rings. The van der Waals surface area contributed by atoms with Crippen LogP contribution in [0.5, 0.6) is 5.75 Å². The van der Waals surface area contributed by atoms with E-state index < -0.39 is 9.05 Å². The van der Waals surface area contributed by atoms with Gasteiger partial charge in [-0.25, -0.2) is 8.42 Å². The quantitative estimate of drug-likeness (QED) is 0.269. The van der Waals surface area contributed by atoms with Crippen LogP contribution in [0.2, 0.25) is 0 Å². The van der Waals surface area contributed by atoms with Gasteiger partial charge in [0.25, 0.3) is 9.05 Å². The first kappa shape index (κ1) is 24.6. The monoisotopic (exact) mass is 494 g/mol. The number of hydrogen-bond donors (Lipinski definition) is 0. The second kappa shape index (κ2) is 8.28. The highest BCUT2D eigenvalue weighted by Gasteiger charge is 2.25. The number of halogens is 1.